The fourth-order valence-corrected chi connectivity index (χ4v) is 1.94. The normalized spacial score (nSPS) is 19.9. The monoisotopic (exact) mass is 222 g/mol. The van der Waals surface area contributed by atoms with Crippen molar-refractivity contribution in [1.82, 2.24) is 20.6 Å². The number of aromatic nitrogens is 2. The Labute approximate surface area is 95.6 Å². The lowest BCUT2D eigenvalue weighted by Crippen LogP contribution is -2.33. The van der Waals surface area contributed by atoms with Crippen molar-refractivity contribution in [1.29, 1.82) is 0 Å². The summed E-state index contributed by atoms with van der Waals surface area (Å²) in [5.74, 6) is 0.606. The molecule has 1 aromatic rings. The Bertz CT molecular complexity index is 326. The first-order valence-electron chi connectivity index (χ1n) is 5.68. The van der Waals surface area contributed by atoms with Gasteiger partial charge in [0.2, 0.25) is 5.88 Å². The number of methoxy groups -OCH3 is 1. The minimum atomic E-state index is 0.600. The predicted octanol–water partition coefficient (Wildman–Crippen LogP) is 0.327. The van der Waals surface area contributed by atoms with E-state index in [2.05, 4.69) is 20.6 Å². The molecule has 1 fully saturated rings. The minimum Gasteiger partial charge on any atom is -0.480 e. The van der Waals surface area contributed by atoms with E-state index in [0.29, 0.717) is 18.5 Å². The summed E-state index contributed by atoms with van der Waals surface area (Å²) in [5.41, 5.74) is 0.864. The van der Waals surface area contributed by atoms with Gasteiger partial charge in [0.1, 0.15) is 5.69 Å². The van der Waals surface area contributed by atoms with E-state index < -0.39 is 0 Å². The molecule has 2 rings (SSSR count). The van der Waals surface area contributed by atoms with E-state index in [4.69, 9.17) is 4.74 Å². The number of rotatable bonds is 5. The van der Waals surface area contributed by atoms with E-state index in [1.807, 2.05) is 0 Å². The van der Waals surface area contributed by atoms with E-state index in [0.717, 1.165) is 18.8 Å². The summed E-state index contributed by atoms with van der Waals surface area (Å²) in [6.07, 6.45) is 5.86. The molecule has 1 aliphatic heterocycles. The molecular formula is C11H18N4O. The van der Waals surface area contributed by atoms with Crippen molar-refractivity contribution in [3.05, 3.63) is 18.1 Å². The van der Waals surface area contributed by atoms with Gasteiger partial charge in [0.25, 0.3) is 0 Å². The van der Waals surface area contributed by atoms with Gasteiger partial charge in [-0.25, -0.2) is 4.98 Å². The summed E-state index contributed by atoms with van der Waals surface area (Å²) >= 11 is 0. The fourth-order valence-electron chi connectivity index (χ4n) is 1.94. The third-order valence-electron chi connectivity index (χ3n) is 2.77. The average molecular weight is 222 g/mol. The quantitative estimate of drug-likeness (QED) is 0.751. The molecule has 0 spiro atoms. The summed E-state index contributed by atoms with van der Waals surface area (Å²) in [6, 6.07) is 0.600. The third-order valence-corrected chi connectivity index (χ3v) is 2.77. The van der Waals surface area contributed by atoms with Crippen molar-refractivity contribution in [3.63, 3.8) is 0 Å². The molecule has 0 radical (unpaired) electrons. The fraction of sp³-hybridized carbons (Fsp3) is 0.636. The standard InChI is InChI=1S/C11H18N4O/c1-16-11-10(14-5-6-15-11)8-12-7-9-3-2-4-13-9/h5-6,9,12-13H,2-4,7-8H2,1H3. The molecule has 5 heteroatoms. The average Bonchev–Trinajstić information content (AvgIpc) is 2.83. The second kappa shape index (κ2) is 5.77. The van der Waals surface area contributed by atoms with Crippen LogP contribution in [-0.4, -0.2) is 36.2 Å². The number of hydrogen-bond acceptors (Lipinski definition) is 5. The minimum absolute atomic E-state index is 0.600. The summed E-state index contributed by atoms with van der Waals surface area (Å²) in [6.45, 7) is 2.82. The third kappa shape index (κ3) is 2.90. The van der Waals surface area contributed by atoms with Gasteiger partial charge >= 0.3 is 0 Å². The number of hydrogen-bond donors (Lipinski definition) is 2. The first-order valence-corrected chi connectivity index (χ1v) is 5.68. The van der Waals surface area contributed by atoms with Crippen molar-refractivity contribution in [2.24, 2.45) is 0 Å². The molecule has 0 aromatic carbocycles. The summed E-state index contributed by atoms with van der Waals surface area (Å²) < 4.78 is 5.14. The molecule has 1 atom stereocenters. The topological polar surface area (TPSA) is 59.1 Å². The first kappa shape index (κ1) is 11.3. The van der Waals surface area contributed by atoms with Gasteiger partial charge < -0.3 is 15.4 Å². The maximum Gasteiger partial charge on any atom is 0.236 e. The van der Waals surface area contributed by atoms with Crippen molar-refractivity contribution < 1.29 is 4.74 Å². The van der Waals surface area contributed by atoms with Crippen LogP contribution in [0.3, 0.4) is 0 Å². The maximum atomic E-state index is 5.14. The van der Waals surface area contributed by atoms with Gasteiger partial charge in [0, 0.05) is 31.5 Å². The van der Waals surface area contributed by atoms with E-state index >= 15 is 0 Å². The van der Waals surface area contributed by atoms with Gasteiger partial charge in [0.05, 0.1) is 7.11 Å². The molecule has 2 N–H and O–H groups in total. The highest BCUT2D eigenvalue weighted by atomic mass is 16.5. The van der Waals surface area contributed by atoms with Crippen LogP contribution in [0.1, 0.15) is 18.5 Å². The van der Waals surface area contributed by atoms with Crippen molar-refractivity contribution >= 4 is 0 Å². The van der Waals surface area contributed by atoms with E-state index in [-0.39, 0.29) is 0 Å². The van der Waals surface area contributed by atoms with Gasteiger partial charge in [-0.05, 0) is 19.4 Å². The van der Waals surface area contributed by atoms with E-state index in [9.17, 15) is 0 Å². The van der Waals surface area contributed by atoms with E-state index in [1.54, 1.807) is 19.5 Å². The Morgan fingerprint density at radius 3 is 3.12 bits per heavy atom. The Balaban J connectivity index is 1.79. The molecule has 1 saturated heterocycles. The van der Waals surface area contributed by atoms with Gasteiger partial charge in [-0.15, -0.1) is 0 Å². The van der Waals surface area contributed by atoms with Crippen molar-refractivity contribution in [3.8, 4) is 5.88 Å². The van der Waals surface area contributed by atoms with Gasteiger partial charge in [-0.3, -0.25) is 4.98 Å². The smallest absolute Gasteiger partial charge is 0.236 e. The van der Waals surface area contributed by atoms with Crippen LogP contribution in [0.15, 0.2) is 12.4 Å². The second-order valence-corrected chi connectivity index (χ2v) is 3.94. The largest absolute Gasteiger partial charge is 0.480 e. The van der Waals surface area contributed by atoms with E-state index in [1.165, 1.54) is 12.8 Å². The predicted molar refractivity (Wildman–Crippen MR) is 61.3 cm³/mol. The highest BCUT2D eigenvalue weighted by Gasteiger charge is 2.13. The first-order chi connectivity index (χ1) is 7.90. The molecule has 88 valence electrons. The lowest BCUT2D eigenvalue weighted by atomic mass is 10.2. The lowest BCUT2D eigenvalue weighted by Gasteiger charge is -2.11. The van der Waals surface area contributed by atoms with Gasteiger partial charge in [-0.2, -0.15) is 0 Å². The Morgan fingerprint density at radius 1 is 1.50 bits per heavy atom. The van der Waals surface area contributed by atoms with Crippen molar-refractivity contribution in [2.75, 3.05) is 20.2 Å². The van der Waals surface area contributed by atoms with Crippen LogP contribution >= 0.6 is 0 Å². The SMILES string of the molecule is COc1nccnc1CNCC1CCCN1. The lowest BCUT2D eigenvalue weighted by molar-refractivity contribution is 0.386. The maximum absolute atomic E-state index is 5.14. The van der Waals surface area contributed by atoms with Crippen LogP contribution in [0, 0.1) is 0 Å². The highest BCUT2D eigenvalue weighted by molar-refractivity contribution is 5.16. The Morgan fingerprint density at radius 2 is 2.38 bits per heavy atom. The summed E-state index contributed by atoms with van der Waals surface area (Å²) in [4.78, 5) is 8.35. The highest BCUT2D eigenvalue weighted by Crippen LogP contribution is 2.10. The molecule has 1 aromatic heterocycles. The molecular weight excluding hydrogens is 204 g/mol. The molecule has 0 amide bonds. The Hall–Kier alpha value is -1.20. The molecule has 0 saturated carbocycles. The van der Waals surface area contributed by atoms with Crippen LogP contribution in [0.4, 0.5) is 0 Å². The number of nitrogens with one attached hydrogen (secondary N) is 2. The van der Waals surface area contributed by atoms with Crippen LogP contribution in [-0.2, 0) is 6.54 Å². The molecule has 2 heterocycles. The van der Waals surface area contributed by atoms with Crippen LogP contribution in [0.25, 0.3) is 0 Å². The zero-order valence-corrected chi connectivity index (χ0v) is 9.57. The van der Waals surface area contributed by atoms with Gasteiger partial charge in [0.15, 0.2) is 0 Å². The van der Waals surface area contributed by atoms with Crippen LogP contribution in [0.5, 0.6) is 5.88 Å². The summed E-state index contributed by atoms with van der Waals surface area (Å²) in [5, 5.41) is 6.82. The zero-order chi connectivity index (χ0) is 11.2. The summed E-state index contributed by atoms with van der Waals surface area (Å²) in [7, 11) is 1.62. The molecule has 1 aliphatic rings. The van der Waals surface area contributed by atoms with Crippen LogP contribution < -0.4 is 15.4 Å². The molecule has 0 bridgehead atoms. The molecule has 1 unspecified atom stereocenters. The number of ether oxygens (including phenoxy) is 1. The molecule has 0 aliphatic carbocycles. The van der Waals surface area contributed by atoms with Gasteiger partial charge in [-0.1, -0.05) is 0 Å². The molecule has 5 nitrogen and oxygen atoms in total. The Kier molecular flexibility index (Phi) is 4.07. The zero-order valence-electron chi connectivity index (χ0n) is 9.57. The number of nitrogens with zero attached hydrogens (tertiary/aromatic N) is 2. The van der Waals surface area contributed by atoms with Crippen LogP contribution in [0.2, 0.25) is 0 Å². The molecule has 16 heavy (non-hydrogen) atoms. The second-order valence-electron chi connectivity index (χ2n) is 3.94. The van der Waals surface area contributed by atoms with Crippen molar-refractivity contribution in [2.45, 2.75) is 25.4 Å².